The summed E-state index contributed by atoms with van der Waals surface area (Å²) in [6.45, 7) is 1.20. The zero-order valence-electron chi connectivity index (χ0n) is 17.1. The van der Waals surface area contributed by atoms with E-state index in [4.69, 9.17) is 21.1 Å². The molecule has 0 radical (unpaired) electrons. The molecule has 0 aliphatic carbocycles. The summed E-state index contributed by atoms with van der Waals surface area (Å²) in [6, 6.07) is -5.22. The zero-order chi connectivity index (χ0) is 24.1. The van der Waals surface area contributed by atoms with Crippen molar-refractivity contribution in [3.05, 3.63) is 0 Å². The third-order valence-corrected chi connectivity index (χ3v) is 4.63. The van der Waals surface area contributed by atoms with E-state index >= 15 is 0 Å². The minimum absolute atomic E-state index is 0.122. The molecule has 0 aromatic carbocycles. The van der Waals surface area contributed by atoms with E-state index < -0.39 is 72.6 Å². The van der Waals surface area contributed by atoms with Crippen molar-refractivity contribution in [2.75, 3.05) is 12.0 Å². The molecule has 0 aromatic rings. The lowest BCUT2D eigenvalue weighted by atomic mass is 10.1. The third kappa shape index (κ3) is 11.8. The smallest absolute Gasteiger partial charge is 0.325 e. The Kier molecular flexibility index (Phi) is 12.9. The second kappa shape index (κ2) is 14.2. The van der Waals surface area contributed by atoms with E-state index in [0.717, 1.165) is 0 Å². The SMILES string of the molecule is CSCCC(NC(=O)C(N)CC(=O)O)C(=O)NC(CCC(=O)O)C(=O)NC(C)C(=O)O. The number of hydrogen-bond acceptors (Lipinski definition) is 8. The van der Waals surface area contributed by atoms with Crippen LogP contribution in [0, 0.1) is 0 Å². The Morgan fingerprint density at radius 1 is 0.839 bits per heavy atom. The number of thioether (sulfide) groups is 1. The highest BCUT2D eigenvalue weighted by Gasteiger charge is 2.29. The highest BCUT2D eigenvalue weighted by Crippen LogP contribution is 2.05. The van der Waals surface area contributed by atoms with Gasteiger partial charge < -0.3 is 37.0 Å². The van der Waals surface area contributed by atoms with Crippen molar-refractivity contribution in [2.45, 2.75) is 56.8 Å². The Labute approximate surface area is 182 Å². The summed E-state index contributed by atoms with van der Waals surface area (Å²) in [5.74, 6) is -6.03. The fourth-order valence-corrected chi connectivity index (χ4v) is 2.72. The number of hydrogen-bond donors (Lipinski definition) is 7. The molecule has 3 amide bonds. The van der Waals surface area contributed by atoms with E-state index in [1.54, 1.807) is 6.26 Å². The van der Waals surface area contributed by atoms with E-state index in [1.807, 2.05) is 0 Å². The Morgan fingerprint density at radius 3 is 1.84 bits per heavy atom. The number of nitrogens with one attached hydrogen (secondary N) is 3. The van der Waals surface area contributed by atoms with Gasteiger partial charge in [-0.25, -0.2) is 0 Å². The van der Waals surface area contributed by atoms with Gasteiger partial charge in [0.2, 0.25) is 17.7 Å². The number of aliphatic carboxylic acids is 3. The van der Waals surface area contributed by atoms with Gasteiger partial charge in [0.05, 0.1) is 12.5 Å². The van der Waals surface area contributed by atoms with Crippen LogP contribution in [0.5, 0.6) is 0 Å². The summed E-state index contributed by atoms with van der Waals surface area (Å²) < 4.78 is 0. The fraction of sp³-hybridized carbons (Fsp3) is 0.647. The monoisotopic (exact) mass is 464 g/mol. The maximum Gasteiger partial charge on any atom is 0.325 e. The van der Waals surface area contributed by atoms with E-state index in [0.29, 0.717) is 5.75 Å². The standard InChI is InChI=1S/C17H28N4O9S/c1-8(17(29)30)19-15(27)10(3-4-12(22)23)21-16(28)11(5-6-31-2)20-14(26)9(18)7-13(24)25/h8-11H,3-7,18H2,1-2H3,(H,19,27)(H,20,26)(H,21,28)(H,22,23)(H,24,25)(H,29,30). The van der Waals surface area contributed by atoms with Crippen LogP contribution in [0.4, 0.5) is 0 Å². The molecule has 0 aliphatic rings. The van der Waals surface area contributed by atoms with E-state index in [9.17, 15) is 28.8 Å². The van der Waals surface area contributed by atoms with Crippen LogP contribution in [0.3, 0.4) is 0 Å². The molecule has 176 valence electrons. The molecule has 0 saturated carbocycles. The first-order valence-corrected chi connectivity index (χ1v) is 10.6. The van der Waals surface area contributed by atoms with Gasteiger partial charge in [0.25, 0.3) is 0 Å². The van der Waals surface area contributed by atoms with Gasteiger partial charge in [-0.2, -0.15) is 11.8 Å². The molecule has 0 spiro atoms. The average molecular weight is 464 g/mol. The lowest BCUT2D eigenvalue weighted by Gasteiger charge is -2.24. The first-order chi connectivity index (χ1) is 14.4. The van der Waals surface area contributed by atoms with Crippen molar-refractivity contribution in [2.24, 2.45) is 5.73 Å². The maximum atomic E-state index is 12.7. The molecule has 14 heteroatoms. The molecule has 4 unspecified atom stereocenters. The van der Waals surface area contributed by atoms with Crippen LogP contribution in [-0.4, -0.2) is 87.1 Å². The van der Waals surface area contributed by atoms with Gasteiger partial charge >= 0.3 is 17.9 Å². The van der Waals surface area contributed by atoms with Crippen LogP contribution in [0.1, 0.15) is 32.6 Å². The predicted molar refractivity (Wildman–Crippen MR) is 109 cm³/mol. The van der Waals surface area contributed by atoms with Crippen molar-refractivity contribution in [3.8, 4) is 0 Å². The summed E-state index contributed by atoms with van der Waals surface area (Å²) >= 11 is 1.37. The number of carboxylic acids is 3. The van der Waals surface area contributed by atoms with Crippen LogP contribution < -0.4 is 21.7 Å². The van der Waals surface area contributed by atoms with Gasteiger partial charge in [0.15, 0.2) is 0 Å². The molecule has 0 fully saturated rings. The quantitative estimate of drug-likeness (QED) is 0.140. The Bertz CT molecular complexity index is 689. The molecule has 13 nitrogen and oxygen atoms in total. The Hall–Kier alpha value is -2.87. The Balaban J connectivity index is 5.36. The van der Waals surface area contributed by atoms with Crippen LogP contribution in [0.25, 0.3) is 0 Å². The lowest BCUT2D eigenvalue weighted by molar-refractivity contribution is -0.142. The van der Waals surface area contributed by atoms with Gasteiger partial charge in [0, 0.05) is 6.42 Å². The number of carbonyl (C=O) groups excluding carboxylic acids is 3. The maximum absolute atomic E-state index is 12.7. The highest BCUT2D eigenvalue weighted by molar-refractivity contribution is 7.98. The van der Waals surface area contributed by atoms with Crippen LogP contribution in [-0.2, 0) is 28.8 Å². The fourth-order valence-electron chi connectivity index (χ4n) is 2.25. The molecule has 0 aliphatic heterocycles. The summed E-state index contributed by atoms with van der Waals surface area (Å²) in [5, 5.41) is 33.3. The largest absolute Gasteiger partial charge is 0.481 e. The summed E-state index contributed by atoms with van der Waals surface area (Å²) in [6.07, 6.45) is 0.423. The molecular weight excluding hydrogens is 436 g/mol. The van der Waals surface area contributed by atoms with Crippen molar-refractivity contribution in [1.82, 2.24) is 16.0 Å². The van der Waals surface area contributed by atoms with Crippen LogP contribution >= 0.6 is 11.8 Å². The number of carbonyl (C=O) groups is 6. The number of carboxylic acid groups (broad SMARTS) is 3. The number of rotatable bonds is 15. The third-order valence-electron chi connectivity index (χ3n) is 3.98. The van der Waals surface area contributed by atoms with Crippen molar-refractivity contribution < 1.29 is 44.1 Å². The Morgan fingerprint density at radius 2 is 1.35 bits per heavy atom. The molecule has 4 atom stereocenters. The minimum atomic E-state index is -1.40. The molecular formula is C17H28N4O9S. The molecule has 0 saturated heterocycles. The number of amides is 3. The first-order valence-electron chi connectivity index (χ1n) is 9.21. The number of nitrogens with two attached hydrogens (primary N) is 1. The molecule has 0 heterocycles. The predicted octanol–water partition coefficient (Wildman–Crippen LogP) is -2.03. The molecule has 8 N–H and O–H groups in total. The lowest BCUT2D eigenvalue weighted by Crippen LogP contribution is -2.57. The van der Waals surface area contributed by atoms with Gasteiger partial charge in [-0.05, 0) is 31.8 Å². The summed E-state index contributed by atoms with van der Waals surface area (Å²) in [7, 11) is 0. The average Bonchev–Trinajstić information content (AvgIpc) is 2.66. The van der Waals surface area contributed by atoms with Crippen molar-refractivity contribution >= 4 is 47.4 Å². The van der Waals surface area contributed by atoms with Gasteiger partial charge in [-0.1, -0.05) is 0 Å². The minimum Gasteiger partial charge on any atom is -0.481 e. The first kappa shape index (κ1) is 28.1. The normalized spacial score (nSPS) is 14.4. The van der Waals surface area contributed by atoms with E-state index in [1.165, 1.54) is 18.7 Å². The molecule has 0 bridgehead atoms. The van der Waals surface area contributed by atoms with Crippen LogP contribution in [0.15, 0.2) is 0 Å². The van der Waals surface area contributed by atoms with Crippen LogP contribution in [0.2, 0.25) is 0 Å². The summed E-state index contributed by atoms with van der Waals surface area (Å²) in [4.78, 5) is 69.6. The highest BCUT2D eigenvalue weighted by atomic mass is 32.2. The van der Waals surface area contributed by atoms with Crippen molar-refractivity contribution in [1.29, 1.82) is 0 Å². The van der Waals surface area contributed by atoms with Gasteiger partial charge in [0.1, 0.15) is 18.1 Å². The molecule has 0 aromatic heterocycles. The molecule has 31 heavy (non-hydrogen) atoms. The van der Waals surface area contributed by atoms with Gasteiger partial charge in [-0.15, -0.1) is 0 Å². The van der Waals surface area contributed by atoms with Gasteiger partial charge in [-0.3, -0.25) is 28.8 Å². The molecule has 0 rings (SSSR count). The zero-order valence-corrected chi connectivity index (χ0v) is 17.9. The second-order valence-electron chi connectivity index (χ2n) is 6.61. The van der Waals surface area contributed by atoms with E-state index in [2.05, 4.69) is 16.0 Å². The topological polar surface area (TPSA) is 225 Å². The summed E-state index contributed by atoms with van der Waals surface area (Å²) in [5.41, 5.74) is 5.49. The van der Waals surface area contributed by atoms with Crippen molar-refractivity contribution in [3.63, 3.8) is 0 Å². The second-order valence-corrected chi connectivity index (χ2v) is 7.59. The van der Waals surface area contributed by atoms with E-state index in [-0.39, 0.29) is 12.8 Å².